The number of aromatic nitrogens is 4. The minimum Gasteiger partial charge on any atom is -0.497 e. The fraction of sp³-hybridized carbons (Fsp3) is 0.222. The van der Waals surface area contributed by atoms with E-state index < -0.39 is 0 Å². The number of ether oxygens (including phenoxy) is 1. The first kappa shape index (κ1) is 10.8. The largest absolute Gasteiger partial charge is 0.497 e. The van der Waals surface area contributed by atoms with Crippen LogP contribution in [0.25, 0.3) is 5.69 Å². The van der Waals surface area contributed by atoms with Crippen molar-refractivity contribution in [1.82, 2.24) is 20.2 Å². The van der Waals surface area contributed by atoms with Crippen LogP contribution in [0.15, 0.2) is 18.2 Å². The van der Waals surface area contributed by atoms with Gasteiger partial charge in [-0.05, 0) is 22.6 Å². The smallest absolute Gasteiger partial charge is 0.170 e. The van der Waals surface area contributed by atoms with Gasteiger partial charge in [-0.1, -0.05) is 11.6 Å². The number of nitrogens with two attached hydrogens (primary N) is 1. The minimum absolute atomic E-state index is 0.237. The molecule has 0 aliphatic carbocycles. The average molecular weight is 240 g/mol. The van der Waals surface area contributed by atoms with E-state index in [4.69, 9.17) is 22.1 Å². The molecule has 0 amide bonds. The topological polar surface area (TPSA) is 78.8 Å². The predicted molar refractivity (Wildman–Crippen MR) is 58.6 cm³/mol. The molecule has 1 aromatic heterocycles. The second-order valence-electron chi connectivity index (χ2n) is 3.03. The van der Waals surface area contributed by atoms with Crippen LogP contribution in [0.3, 0.4) is 0 Å². The maximum Gasteiger partial charge on any atom is 0.170 e. The predicted octanol–water partition coefficient (Wildman–Crippen LogP) is 0.783. The maximum absolute atomic E-state index is 6.06. The van der Waals surface area contributed by atoms with E-state index in [9.17, 15) is 0 Å². The molecule has 2 rings (SSSR count). The van der Waals surface area contributed by atoms with Crippen LogP contribution in [-0.2, 0) is 6.54 Å². The molecule has 16 heavy (non-hydrogen) atoms. The quantitative estimate of drug-likeness (QED) is 0.857. The molecule has 0 bridgehead atoms. The van der Waals surface area contributed by atoms with Crippen LogP contribution in [0.2, 0.25) is 5.02 Å². The molecule has 0 unspecified atom stereocenters. The van der Waals surface area contributed by atoms with E-state index in [1.54, 1.807) is 25.3 Å². The lowest BCUT2D eigenvalue weighted by molar-refractivity contribution is 0.414. The number of nitrogens with zero attached hydrogens (tertiary/aromatic N) is 4. The van der Waals surface area contributed by atoms with E-state index in [1.807, 2.05) is 0 Å². The Morgan fingerprint density at radius 3 is 3.00 bits per heavy atom. The SMILES string of the molecule is COc1ccc(Cl)c(-n2nnnc2CN)c1. The molecule has 84 valence electrons. The molecule has 0 aliphatic rings. The monoisotopic (exact) mass is 239 g/mol. The van der Waals surface area contributed by atoms with Crippen molar-refractivity contribution < 1.29 is 4.74 Å². The molecule has 0 atom stereocenters. The third kappa shape index (κ3) is 1.84. The normalized spacial score (nSPS) is 10.4. The molecule has 0 saturated heterocycles. The number of hydrogen-bond donors (Lipinski definition) is 1. The molecule has 0 radical (unpaired) electrons. The fourth-order valence-corrected chi connectivity index (χ4v) is 1.50. The second-order valence-corrected chi connectivity index (χ2v) is 3.44. The summed E-state index contributed by atoms with van der Waals surface area (Å²) in [7, 11) is 1.58. The molecule has 6 nitrogen and oxygen atoms in total. The van der Waals surface area contributed by atoms with E-state index in [-0.39, 0.29) is 6.54 Å². The number of rotatable bonds is 3. The Balaban J connectivity index is 2.54. The molecule has 0 saturated carbocycles. The second kappa shape index (κ2) is 4.46. The van der Waals surface area contributed by atoms with Crippen molar-refractivity contribution in [3.05, 3.63) is 29.0 Å². The zero-order valence-corrected chi connectivity index (χ0v) is 9.35. The van der Waals surface area contributed by atoms with Crippen molar-refractivity contribution >= 4 is 11.6 Å². The first-order chi connectivity index (χ1) is 7.76. The highest BCUT2D eigenvalue weighted by Crippen LogP contribution is 2.25. The zero-order chi connectivity index (χ0) is 11.5. The number of halogens is 1. The van der Waals surface area contributed by atoms with Crippen molar-refractivity contribution in [3.8, 4) is 11.4 Å². The summed E-state index contributed by atoms with van der Waals surface area (Å²) in [6.07, 6.45) is 0. The Kier molecular flexibility index (Phi) is 3.02. The molecule has 1 heterocycles. The molecule has 0 spiro atoms. The standard InChI is InChI=1S/C9H10ClN5O/c1-16-6-2-3-7(10)8(4-6)15-9(5-11)12-13-14-15/h2-4H,5,11H2,1H3. The van der Waals surface area contributed by atoms with Crippen LogP contribution in [0, 0.1) is 0 Å². The molecule has 7 heteroatoms. The lowest BCUT2D eigenvalue weighted by Crippen LogP contribution is -2.08. The van der Waals surface area contributed by atoms with Crippen LogP contribution >= 0.6 is 11.6 Å². The van der Waals surface area contributed by atoms with Crippen molar-refractivity contribution in [2.45, 2.75) is 6.54 Å². The lowest BCUT2D eigenvalue weighted by Gasteiger charge is -2.07. The fourth-order valence-electron chi connectivity index (χ4n) is 1.30. The highest BCUT2D eigenvalue weighted by molar-refractivity contribution is 6.32. The van der Waals surface area contributed by atoms with Crippen molar-refractivity contribution in [3.63, 3.8) is 0 Å². The van der Waals surface area contributed by atoms with Crippen molar-refractivity contribution in [2.75, 3.05) is 7.11 Å². The summed E-state index contributed by atoms with van der Waals surface area (Å²) in [5.41, 5.74) is 6.16. The van der Waals surface area contributed by atoms with Crippen LogP contribution in [0.5, 0.6) is 5.75 Å². The molecule has 1 aromatic carbocycles. The molecular weight excluding hydrogens is 230 g/mol. The van der Waals surface area contributed by atoms with Crippen molar-refractivity contribution in [2.24, 2.45) is 5.73 Å². The van der Waals surface area contributed by atoms with Gasteiger partial charge < -0.3 is 10.5 Å². The summed E-state index contributed by atoms with van der Waals surface area (Å²) in [5.74, 6) is 1.22. The van der Waals surface area contributed by atoms with Gasteiger partial charge in [0.05, 0.1) is 24.4 Å². The van der Waals surface area contributed by atoms with Gasteiger partial charge in [0, 0.05) is 6.07 Å². The summed E-state index contributed by atoms with van der Waals surface area (Å²) in [5, 5.41) is 11.7. The van der Waals surface area contributed by atoms with Gasteiger partial charge in [0.2, 0.25) is 0 Å². The van der Waals surface area contributed by atoms with Crippen molar-refractivity contribution in [1.29, 1.82) is 0 Å². The minimum atomic E-state index is 0.237. The Morgan fingerprint density at radius 2 is 2.31 bits per heavy atom. The number of methoxy groups -OCH3 is 1. The maximum atomic E-state index is 6.06. The highest BCUT2D eigenvalue weighted by atomic mass is 35.5. The first-order valence-electron chi connectivity index (χ1n) is 4.57. The van der Waals surface area contributed by atoms with Gasteiger partial charge >= 0.3 is 0 Å². The molecule has 0 fully saturated rings. The van der Waals surface area contributed by atoms with Crippen LogP contribution in [-0.4, -0.2) is 27.3 Å². The summed E-state index contributed by atoms with van der Waals surface area (Å²) < 4.78 is 6.60. The summed E-state index contributed by atoms with van der Waals surface area (Å²) in [6.45, 7) is 0.237. The summed E-state index contributed by atoms with van der Waals surface area (Å²) >= 11 is 6.06. The van der Waals surface area contributed by atoms with Gasteiger partial charge in [0.25, 0.3) is 0 Å². The lowest BCUT2D eigenvalue weighted by atomic mass is 10.3. The molecule has 2 N–H and O–H groups in total. The van der Waals surface area contributed by atoms with Gasteiger partial charge in [-0.15, -0.1) is 5.10 Å². The number of tetrazole rings is 1. The summed E-state index contributed by atoms with van der Waals surface area (Å²) in [6, 6.07) is 5.23. The van der Waals surface area contributed by atoms with Gasteiger partial charge in [-0.25, -0.2) is 0 Å². The summed E-state index contributed by atoms with van der Waals surface area (Å²) in [4.78, 5) is 0. The Morgan fingerprint density at radius 1 is 1.50 bits per heavy atom. The van der Waals surface area contributed by atoms with E-state index >= 15 is 0 Å². The highest BCUT2D eigenvalue weighted by Gasteiger charge is 2.10. The molecular formula is C9H10ClN5O. The first-order valence-corrected chi connectivity index (χ1v) is 4.95. The van der Waals surface area contributed by atoms with Gasteiger partial charge in [0.1, 0.15) is 5.75 Å². The van der Waals surface area contributed by atoms with Crippen LogP contribution < -0.4 is 10.5 Å². The Hall–Kier alpha value is -1.66. The third-order valence-corrected chi connectivity index (χ3v) is 2.42. The Bertz CT molecular complexity index is 498. The Labute approximate surface area is 97.0 Å². The van der Waals surface area contributed by atoms with Crippen LogP contribution in [0.1, 0.15) is 5.82 Å². The third-order valence-electron chi connectivity index (χ3n) is 2.10. The van der Waals surface area contributed by atoms with E-state index in [1.165, 1.54) is 4.68 Å². The van der Waals surface area contributed by atoms with Gasteiger partial charge in [-0.3, -0.25) is 0 Å². The van der Waals surface area contributed by atoms with E-state index in [0.717, 1.165) is 0 Å². The number of hydrogen-bond acceptors (Lipinski definition) is 5. The van der Waals surface area contributed by atoms with E-state index in [0.29, 0.717) is 22.3 Å². The average Bonchev–Trinajstić information content (AvgIpc) is 2.77. The molecule has 2 aromatic rings. The zero-order valence-electron chi connectivity index (χ0n) is 8.59. The molecule has 0 aliphatic heterocycles. The van der Waals surface area contributed by atoms with Gasteiger partial charge in [-0.2, -0.15) is 4.68 Å². The number of benzene rings is 1. The van der Waals surface area contributed by atoms with Crippen LogP contribution in [0.4, 0.5) is 0 Å². The van der Waals surface area contributed by atoms with Gasteiger partial charge in [0.15, 0.2) is 5.82 Å². The van der Waals surface area contributed by atoms with E-state index in [2.05, 4.69) is 15.5 Å².